The molecule has 2 aromatic carbocycles. The fraction of sp³-hybridized carbons (Fsp3) is 0.125. The van der Waals surface area contributed by atoms with E-state index in [-0.39, 0.29) is 0 Å². The van der Waals surface area contributed by atoms with E-state index < -0.39 is 0 Å². The summed E-state index contributed by atoms with van der Waals surface area (Å²) < 4.78 is 0. The number of pyridine rings is 3. The Labute approximate surface area is 159 Å². The van der Waals surface area contributed by atoms with Gasteiger partial charge in [-0.05, 0) is 42.6 Å². The molecule has 27 heavy (non-hydrogen) atoms. The molecule has 0 bridgehead atoms. The molecule has 0 unspecified atom stereocenters. The van der Waals surface area contributed by atoms with Gasteiger partial charge >= 0.3 is 0 Å². The topological polar surface area (TPSA) is 38.7 Å². The van der Waals surface area contributed by atoms with Gasteiger partial charge in [-0.3, -0.25) is 15.0 Å². The molecule has 0 aliphatic heterocycles. The fourth-order valence-electron chi connectivity index (χ4n) is 2.98. The molecule has 0 radical (unpaired) electrons. The third kappa shape index (κ3) is 4.09. The Hall–Kier alpha value is -3.33. The van der Waals surface area contributed by atoms with Gasteiger partial charge in [0.15, 0.2) is 0 Å². The first-order valence-corrected chi connectivity index (χ1v) is 9.23. The number of hydrogen-bond donors (Lipinski definition) is 0. The SMILES string of the molecule is CC.Cc1nc2ccccc2c2ccccc12.c1cnc2cccnc2c1. The van der Waals surface area contributed by atoms with E-state index >= 15 is 0 Å². The van der Waals surface area contributed by atoms with E-state index in [0.29, 0.717) is 0 Å². The minimum atomic E-state index is 0.949. The molecule has 0 saturated heterocycles. The summed E-state index contributed by atoms with van der Waals surface area (Å²) in [4.78, 5) is 12.8. The number of rotatable bonds is 0. The van der Waals surface area contributed by atoms with Crippen LogP contribution in [0.15, 0.2) is 85.2 Å². The van der Waals surface area contributed by atoms with Crippen LogP contribution in [0.4, 0.5) is 0 Å². The van der Waals surface area contributed by atoms with E-state index in [1.165, 1.54) is 16.2 Å². The second-order valence-corrected chi connectivity index (χ2v) is 5.81. The molecule has 0 N–H and O–H groups in total. The van der Waals surface area contributed by atoms with Crippen molar-refractivity contribution >= 4 is 32.7 Å². The zero-order chi connectivity index (χ0) is 19.1. The normalized spacial score (nSPS) is 10.0. The number of nitrogens with zero attached hydrogens (tertiary/aromatic N) is 3. The molecular formula is C24H23N3. The molecule has 0 fully saturated rings. The molecule has 5 rings (SSSR count). The first-order valence-electron chi connectivity index (χ1n) is 9.23. The lowest BCUT2D eigenvalue weighted by Gasteiger charge is -2.05. The Morgan fingerprint density at radius 3 is 1.63 bits per heavy atom. The summed E-state index contributed by atoms with van der Waals surface area (Å²) in [5.74, 6) is 0. The molecule has 3 heteroatoms. The predicted molar refractivity (Wildman–Crippen MR) is 115 cm³/mol. The smallest absolute Gasteiger partial charge is 0.0886 e. The van der Waals surface area contributed by atoms with Crippen molar-refractivity contribution in [2.75, 3.05) is 0 Å². The van der Waals surface area contributed by atoms with Gasteiger partial charge in [-0.2, -0.15) is 0 Å². The van der Waals surface area contributed by atoms with Crippen LogP contribution in [0.1, 0.15) is 19.5 Å². The molecular weight excluding hydrogens is 330 g/mol. The minimum Gasteiger partial charge on any atom is -0.255 e. The van der Waals surface area contributed by atoms with Crippen molar-refractivity contribution in [3.05, 3.63) is 90.9 Å². The van der Waals surface area contributed by atoms with Gasteiger partial charge < -0.3 is 0 Å². The van der Waals surface area contributed by atoms with E-state index in [9.17, 15) is 0 Å². The molecule has 0 atom stereocenters. The summed E-state index contributed by atoms with van der Waals surface area (Å²) in [6, 6.07) is 24.4. The third-order valence-electron chi connectivity index (χ3n) is 4.17. The molecule has 3 aromatic heterocycles. The molecule has 5 aromatic rings. The second-order valence-electron chi connectivity index (χ2n) is 5.81. The summed E-state index contributed by atoms with van der Waals surface area (Å²) >= 11 is 0. The first kappa shape index (κ1) is 18.5. The summed E-state index contributed by atoms with van der Waals surface area (Å²) in [5, 5.41) is 3.77. The maximum atomic E-state index is 4.60. The highest BCUT2D eigenvalue weighted by atomic mass is 14.7. The van der Waals surface area contributed by atoms with Crippen LogP contribution in [0.3, 0.4) is 0 Å². The average molecular weight is 353 g/mol. The van der Waals surface area contributed by atoms with Crippen molar-refractivity contribution in [2.45, 2.75) is 20.8 Å². The molecule has 0 spiro atoms. The van der Waals surface area contributed by atoms with Crippen LogP contribution in [0.5, 0.6) is 0 Å². The number of aryl methyl sites for hydroxylation is 1. The lowest BCUT2D eigenvalue weighted by Crippen LogP contribution is -1.86. The van der Waals surface area contributed by atoms with Crippen LogP contribution >= 0.6 is 0 Å². The van der Waals surface area contributed by atoms with Crippen molar-refractivity contribution in [1.82, 2.24) is 15.0 Å². The number of benzene rings is 2. The van der Waals surface area contributed by atoms with Crippen molar-refractivity contribution < 1.29 is 0 Å². The second kappa shape index (κ2) is 8.86. The van der Waals surface area contributed by atoms with Crippen LogP contribution in [0.2, 0.25) is 0 Å². The zero-order valence-electron chi connectivity index (χ0n) is 15.9. The van der Waals surface area contributed by atoms with Crippen molar-refractivity contribution in [1.29, 1.82) is 0 Å². The Balaban J connectivity index is 0.000000153. The van der Waals surface area contributed by atoms with Gasteiger partial charge in [0.25, 0.3) is 0 Å². The van der Waals surface area contributed by atoms with Crippen molar-refractivity contribution in [2.24, 2.45) is 0 Å². The Morgan fingerprint density at radius 2 is 1.00 bits per heavy atom. The summed E-state index contributed by atoms with van der Waals surface area (Å²) in [6.45, 7) is 6.06. The summed E-state index contributed by atoms with van der Waals surface area (Å²) in [6.07, 6.45) is 3.54. The monoisotopic (exact) mass is 353 g/mol. The molecule has 134 valence electrons. The maximum Gasteiger partial charge on any atom is 0.0886 e. The lowest BCUT2D eigenvalue weighted by molar-refractivity contribution is 1.29. The van der Waals surface area contributed by atoms with Gasteiger partial charge in [0, 0.05) is 28.9 Å². The quantitative estimate of drug-likeness (QED) is 0.304. The average Bonchev–Trinajstić information content (AvgIpc) is 2.76. The van der Waals surface area contributed by atoms with Crippen LogP contribution in [-0.2, 0) is 0 Å². The molecule has 3 heterocycles. The third-order valence-corrected chi connectivity index (χ3v) is 4.17. The Kier molecular flexibility index (Phi) is 6.06. The highest BCUT2D eigenvalue weighted by Gasteiger charge is 2.03. The predicted octanol–water partition coefficient (Wildman–Crippen LogP) is 6.35. The van der Waals surface area contributed by atoms with E-state index in [1.54, 1.807) is 12.4 Å². The minimum absolute atomic E-state index is 0.949. The van der Waals surface area contributed by atoms with Crippen molar-refractivity contribution in [3.8, 4) is 0 Å². The van der Waals surface area contributed by atoms with Gasteiger partial charge in [-0.25, -0.2) is 0 Å². The van der Waals surface area contributed by atoms with Crippen LogP contribution in [0.25, 0.3) is 32.7 Å². The van der Waals surface area contributed by atoms with Gasteiger partial charge in [0.2, 0.25) is 0 Å². The van der Waals surface area contributed by atoms with Gasteiger partial charge in [0.05, 0.1) is 16.6 Å². The van der Waals surface area contributed by atoms with E-state index in [1.807, 2.05) is 44.2 Å². The summed E-state index contributed by atoms with van der Waals surface area (Å²) in [5.41, 5.74) is 4.08. The molecule has 0 aliphatic rings. The molecule has 0 amide bonds. The first-order chi connectivity index (χ1) is 13.3. The van der Waals surface area contributed by atoms with Gasteiger partial charge in [-0.1, -0.05) is 56.3 Å². The van der Waals surface area contributed by atoms with Crippen LogP contribution in [-0.4, -0.2) is 15.0 Å². The molecule has 3 nitrogen and oxygen atoms in total. The Bertz CT molecular complexity index is 1100. The molecule has 0 saturated carbocycles. The number of hydrogen-bond acceptors (Lipinski definition) is 3. The highest BCUT2D eigenvalue weighted by Crippen LogP contribution is 2.25. The summed E-state index contributed by atoms with van der Waals surface area (Å²) in [7, 11) is 0. The largest absolute Gasteiger partial charge is 0.255 e. The van der Waals surface area contributed by atoms with Gasteiger partial charge in [0.1, 0.15) is 0 Å². The fourth-order valence-corrected chi connectivity index (χ4v) is 2.98. The lowest BCUT2D eigenvalue weighted by atomic mass is 10.0. The highest BCUT2D eigenvalue weighted by molar-refractivity contribution is 6.06. The Morgan fingerprint density at radius 1 is 0.519 bits per heavy atom. The number of aromatic nitrogens is 3. The zero-order valence-corrected chi connectivity index (χ0v) is 15.9. The van der Waals surface area contributed by atoms with Crippen molar-refractivity contribution in [3.63, 3.8) is 0 Å². The maximum absolute atomic E-state index is 4.60. The van der Waals surface area contributed by atoms with E-state index in [4.69, 9.17) is 0 Å². The number of para-hydroxylation sites is 1. The standard InChI is InChI=1S/C14H11N.C8H6N2.C2H6/c1-10-11-6-2-3-7-12(11)13-8-4-5-9-14(13)15-10;1-3-7-8(9-5-1)4-2-6-10-7;1-2/h2-9H,1H3;1-6H;1-2H3. The van der Waals surface area contributed by atoms with Crippen LogP contribution in [0, 0.1) is 6.92 Å². The molecule has 0 aliphatic carbocycles. The van der Waals surface area contributed by atoms with E-state index in [2.05, 4.69) is 64.3 Å². The van der Waals surface area contributed by atoms with Gasteiger partial charge in [-0.15, -0.1) is 0 Å². The number of fused-ring (bicyclic) bond motifs is 4. The van der Waals surface area contributed by atoms with Crippen LogP contribution < -0.4 is 0 Å². The van der Waals surface area contributed by atoms with E-state index in [0.717, 1.165) is 22.2 Å².